The Kier molecular flexibility index (Phi) is 3.40. The second-order valence-electron chi connectivity index (χ2n) is 6.06. The van der Waals surface area contributed by atoms with Gasteiger partial charge in [0.15, 0.2) is 0 Å². The Bertz CT molecular complexity index is 390. The molecule has 1 aromatic carbocycles. The van der Waals surface area contributed by atoms with Gasteiger partial charge in [0.05, 0.1) is 0 Å². The zero-order valence-electron chi connectivity index (χ0n) is 11.4. The molecule has 2 aliphatic rings. The van der Waals surface area contributed by atoms with Crippen LogP contribution in [0.5, 0.6) is 0 Å². The molecular weight excluding hydrogens is 220 g/mol. The number of rotatable bonds is 3. The average molecular weight is 244 g/mol. The molecule has 0 aliphatic carbocycles. The van der Waals surface area contributed by atoms with Crippen LogP contribution in [0.4, 0.5) is 0 Å². The number of benzene rings is 1. The van der Waals surface area contributed by atoms with E-state index in [-0.39, 0.29) is 0 Å². The summed E-state index contributed by atoms with van der Waals surface area (Å²) < 4.78 is 0. The van der Waals surface area contributed by atoms with E-state index >= 15 is 0 Å². The van der Waals surface area contributed by atoms with Gasteiger partial charge in [-0.1, -0.05) is 31.2 Å². The molecule has 2 fully saturated rings. The lowest BCUT2D eigenvalue weighted by Gasteiger charge is -2.22. The van der Waals surface area contributed by atoms with Crippen LogP contribution in [0.25, 0.3) is 0 Å². The van der Waals surface area contributed by atoms with Crippen LogP contribution in [-0.4, -0.2) is 31.1 Å². The molecule has 1 unspecified atom stereocenters. The molecule has 1 N–H and O–H groups in total. The number of nitrogens with one attached hydrogen (secondary N) is 1. The Morgan fingerprint density at radius 1 is 1.17 bits per heavy atom. The van der Waals surface area contributed by atoms with Crippen molar-refractivity contribution in [2.24, 2.45) is 5.41 Å². The molecule has 2 saturated heterocycles. The van der Waals surface area contributed by atoms with Gasteiger partial charge < -0.3 is 5.32 Å². The van der Waals surface area contributed by atoms with Crippen LogP contribution in [0.3, 0.4) is 0 Å². The first kappa shape index (κ1) is 12.2. The molecule has 1 atom stereocenters. The quantitative estimate of drug-likeness (QED) is 0.878. The minimum Gasteiger partial charge on any atom is -0.316 e. The number of hydrogen-bond acceptors (Lipinski definition) is 2. The van der Waals surface area contributed by atoms with E-state index in [0.29, 0.717) is 5.41 Å². The highest BCUT2D eigenvalue weighted by atomic mass is 15.2. The van der Waals surface area contributed by atoms with Crippen LogP contribution in [0.1, 0.15) is 30.9 Å². The van der Waals surface area contributed by atoms with Crippen molar-refractivity contribution in [2.45, 2.75) is 32.7 Å². The maximum Gasteiger partial charge on any atom is 0.0233 e. The maximum absolute atomic E-state index is 3.53. The van der Waals surface area contributed by atoms with Crippen molar-refractivity contribution in [3.8, 4) is 0 Å². The van der Waals surface area contributed by atoms with Gasteiger partial charge in [-0.15, -0.1) is 0 Å². The van der Waals surface area contributed by atoms with Gasteiger partial charge in [-0.25, -0.2) is 0 Å². The fourth-order valence-electron chi connectivity index (χ4n) is 3.45. The molecule has 2 heterocycles. The number of likely N-dealkylation sites (tertiary alicyclic amines) is 1. The molecule has 2 heteroatoms. The van der Waals surface area contributed by atoms with Crippen molar-refractivity contribution in [3.05, 3.63) is 35.4 Å². The first-order chi connectivity index (χ1) is 8.80. The average Bonchev–Trinajstić information content (AvgIpc) is 3.02. The molecule has 0 radical (unpaired) electrons. The lowest BCUT2D eigenvalue weighted by Crippen LogP contribution is -2.28. The fourth-order valence-corrected chi connectivity index (χ4v) is 3.45. The van der Waals surface area contributed by atoms with Crippen molar-refractivity contribution in [3.63, 3.8) is 0 Å². The topological polar surface area (TPSA) is 15.3 Å². The number of nitrogens with zero attached hydrogens (tertiary/aromatic N) is 1. The summed E-state index contributed by atoms with van der Waals surface area (Å²) in [6.07, 6.45) is 3.89. The van der Waals surface area contributed by atoms with Gasteiger partial charge >= 0.3 is 0 Å². The third-order valence-electron chi connectivity index (χ3n) is 4.69. The first-order valence-corrected chi connectivity index (χ1v) is 7.31. The monoisotopic (exact) mass is 244 g/mol. The van der Waals surface area contributed by atoms with E-state index in [1.807, 2.05) is 0 Å². The van der Waals surface area contributed by atoms with E-state index in [9.17, 15) is 0 Å². The number of hydrogen-bond donors (Lipinski definition) is 1. The van der Waals surface area contributed by atoms with E-state index < -0.39 is 0 Å². The highest BCUT2D eigenvalue weighted by Gasteiger charge is 2.39. The van der Waals surface area contributed by atoms with Crippen molar-refractivity contribution >= 4 is 0 Å². The van der Waals surface area contributed by atoms with Crippen molar-refractivity contribution in [1.29, 1.82) is 0 Å². The van der Waals surface area contributed by atoms with Crippen LogP contribution >= 0.6 is 0 Å². The van der Waals surface area contributed by atoms with Crippen LogP contribution in [-0.2, 0) is 13.0 Å². The van der Waals surface area contributed by atoms with Crippen LogP contribution in [0, 0.1) is 5.41 Å². The molecule has 98 valence electrons. The summed E-state index contributed by atoms with van der Waals surface area (Å²) in [5, 5.41) is 3.53. The Morgan fingerprint density at radius 3 is 2.61 bits per heavy atom. The van der Waals surface area contributed by atoms with Gasteiger partial charge in [0, 0.05) is 19.6 Å². The molecule has 2 nitrogen and oxygen atoms in total. The van der Waals surface area contributed by atoms with Crippen LogP contribution < -0.4 is 5.32 Å². The van der Waals surface area contributed by atoms with E-state index in [1.165, 1.54) is 50.1 Å². The summed E-state index contributed by atoms with van der Waals surface area (Å²) in [7, 11) is 0. The third kappa shape index (κ3) is 2.45. The predicted octanol–water partition coefficient (Wildman–Crippen LogP) is 2.43. The van der Waals surface area contributed by atoms with Crippen LogP contribution in [0.15, 0.2) is 24.3 Å². The fraction of sp³-hybridized carbons (Fsp3) is 0.625. The minimum absolute atomic E-state index is 0.601. The molecule has 0 saturated carbocycles. The van der Waals surface area contributed by atoms with Gasteiger partial charge in [0.2, 0.25) is 0 Å². The molecule has 18 heavy (non-hydrogen) atoms. The molecule has 1 spiro atoms. The zero-order valence-corrected chi connectivity index (χ0v) is 11.4. The Hall–Kier alpha value is -0.860. The van der Waals surface area contributed by atoms with E-state index in [1.54, 1.807) is 0 Å². The summed E-state index contributed by atoms with van der Waals surface area (Å²) in [5.74, 6) is 0. The highest BCUT2D eigenvalue weighted by molar-refractivity contribution is 5.22. The molecule has 0 bridgehead atoms. The molecule has 0 aromatic heterocycles. The summed E-state index contributed by atoms with van der Waals surface area (Å²) in [4.78, 5) is 2.63. The van der Waals surface area contributed by atoms with Gasteiger partial charge in [-0.05, 0) is 48.9 Å². The first-order valence-electron chi connectivity index (χ1n) is 7.31. The Labute approximate surface area is 110 Å². The van der Waals surface area contributed by atoms with Crippen molar-refractivity contribution in [2.75, 3.05) is 26.2 Å². The van der Waals surface area contributed by atoms with Gasteiger partial charge in [0.25, 0.3) is 0 Å². The minimum atomic E-state index is 0.601. The molecular formula is C16H24N2. The molecule has 1 aromatic rings. The smallest absolute Gasteiger partial charge is 0.0233 e. The summed E-state index contributed by atoms with van der Waals surface area (Å²) in [6.45, 7) is 8.36. The predicted molar refractivity (Wildman–Crippen MR) is 75.6 cm³/mol. The molecule has 3 rings (SSSR count). The normalized spacial score (nSPS) is 28.3. The Balaban J connectivity index is 1.60. The zero-order chi connectivity index (χ0) is 12.4. The van der Waals surface area contributed by atoms with Gasteiger partial charge in [-0.2, -0.15) is 0 Å². The largest absolute Gasteiger partial charge is 0.316 e. The van der Waals surface area contributed by atoms with Gasteiger partial charge in [-0.3, -0.25) is 4.90 Å². The van der Waals surface area contributed by atoms with E-state index in [2.05, 4.69) is 41.4 Å². The second kappa shape index (κ2) is 5.02. The van der Waals surface area contributed by atoms with Crippen molar-refractivity contribution in [1.82, 2.24) is 10.2 Å². The van der Waals surface area contributed by atoms with Gasteiger partial charge in [0.1, 0.15) is 0 Å². The second-order valence-corrected chi connectivity index (χ2v) is 6.06. The summed E-state index contributed by atoms with van der Waals surface area (Å²) in [5.41, 5.74) is 3.51. The van der Waals surface area contributed by atoms with Crippen LogP contribution in [0.2, 0.25) is 0 Å². The standard InChI is InChI=1S/C16H24N2/c1-2-14-3-5-15(6-4-14)11-18-10-8-16(13-18)7-9-17-12-16/h3-6,17H,2,7-13H2,1H3. The number of aryl methyl sites for hydroxylation is 1. The van der Waals surface area contributed by atoms with E-state index in [4.69, 9.17) is 0 Å². The highest BCUT2D eigenvalue weighted by Crippen LogP contribution is 2.36. The molecule has 0 amide bonds. The van der Waals surface area contributed by atoms with Crippen molar-refractivity contribution < 1.29 is 0 Å². The lowest BCUT2D eigenvalue weighted by atomic mass is 9.86. The Morgan fingerprint density at radius 2 is 1.94 bits per heavy atom. The summed E-state index contributed by atoms with van der Waals surface area (Å²) in [6, 6.07) is 9.16. The maximum atomic E-state index is 3.53. The lowest BCUT2D eigenvalue weighted by molar-refractivity contribution is 0.268. The third-order valence-corrected chi connectivity index (χ3v) is 4.69. The molecule has 2 aliphatic heterocycles. The SMILES string of the molecule is CCc1ccc(CN2CCC3(CCNC3)C2)cc1. The summed E-state index contributed by atoms with van der Waals surface area (Å²) >= 11 is 0. The van der Waals surface area contributed by atoms with E-state index in [0.717, 1.165) is 13.0 Å².